The Morgan fingerprint density at radius 3 is 3.21 bits per heavy atom. The third-order valence-corrected chi connectivity index (χ3v) is 2.31. The Morgan fingerprint density at radius 2 is 2.64 bits per heavy atom. The summed E-state index contributed by atoms with van der Waals surface area (Å²) in [6.07, 6.45) is 0.950. The minimum absolute atomic E-state index is 0.180. The zero-order valence-corrected chi connectivity index (χ0v) is 8.90. The molecule has 0 aromatic carbocycles. The zero-order chi connectivity index (χ0) is 10.4. The lowest BCUT2D eigenvalue weighted by molar-refractivity contribution is 0.174. The Hall–Kier alpha value is -1.07. The van der Waals surface area contributed by atoms with Crippen molar-refractivity contribution in [2.75, 3.05) is 11.9 Å². The number of aromatic nitrogens is 1. The van der Waals surface area contributed by atoms with Gasteiger partial charge in [-0.05, 0) is 0 Å². The lowest BCUT2D eigenvalue weighted by atomic mass is 10.6. The molecular formula is C8H9ClN2O2S. The van der Waals surface area contributed by atoms with Gasteiger partial charge in [-0.2, -0.15) is 0 Å². The van der Waals surface area contributed by atoms with Gasteiger partial charge in [0.15, 0.2) is 5.13 Å². The predicted molar refractivity (Wildman–Crippen MR) is 56.8 cm³/mol. The highest BCUT2D eigenvalue weighted by molar-refractivity contribution is 7.13. The molecule has 0 saturated heterocycles. The van der Waals surface area contributed by atoms with Crippen LogP contribution in [0.1, 0.15) is 5.69 Å². The number of nitrogens with one attached hydrogen (secondary N) is 1. The summed E-state index contributed by atoms with van der Waals surface area (Å²) in [7, 11) is 0. The second kappa shape index (κ2) is 5.62. The maximum Gasteiger partial charge on any atom is 0.413 e. The first-order valence-electron chi connectivity index (χ1n) is 3.81. The van der Waals surface area contributed by atoms with E-state index in [1.807, 2.05) is 0 Å². The first-order chi connectivity index (χ1) is 6.76. The van der Waals surface area contributed by atoms with Crippen LogP contribution in [0.25, 0.3) is 0 Å². The van der Waals surface area contributed by atoms with E-state index in [9.17, 15) is 4.79 Å². The first-order valence-corrected chi connectivity index (χ1v) is 5.22. The van der Waals surface area contributed by atoms with Crippen molar-refractivity contribution >= 4 is 34.2 Å². The summed E-state index contributed by atoms with van der Waals surface area (Å²) < 4.78 is 4.70. The zero-order valence-electron chi connectivity index (χ0n) is 7.33. The molecule has 0 aliphatic heterocycles. The van der Waals surface area contributed by atoms with Gasteiger partial charge in [0.2, 0.25) is 0 Å². The number of halogens is 1. The van der Waals surface area contributed by atoms with E-state index in [0.29, 0.717) is 11.0 Å². The number of anilines is 1. The number of rotatable bonds is 4. The molecular weight excluding hydrogens is 224 g/mol. The van der Waals surface area contributed by atoms with Crippen molar-refractivity contribution in [2.45, 2.75) is 5.88 Å². The molecule has 0 fully saturated rings. The summed E-state index contributed by atoms with van der Waals surface area (Å²) in [5.74, 6) is 0.333. The molecule has 0 unspecified atom stereocenters. The van der Waals surface area contributed by atoms with Crippen LogP contribution in [0.2, 0.25) is 0 Å². The maximum atomic E-state index is 11.0. The van der Waals surface area contributed by atoms with Gasteiger partial charge >= 0.3 is 6.09 Å². The van der Waals surface area contributed by atoms with Gasteiger partial charge in [0.05, 0.1) is 11.6 Å². The van der Waals surface area contributed by atoms with Gasteiger partial charge < -0.3 is 4.74 Å². The molecule has 0 aliphatic carbocycles. The molecule has 6 heteroatoms. The number of hydrogen-bond acceptors (Lipinski definition) is 4. The minimum atomic E-state index is -0.541. The number of hydrogen-bond donors (Lipinski definition) is 1. The first kappa shape index (κ1) is 11.0. The number of carbonyl (C=O) groups is 1. The van der Waals surface area contributed by atoms with Crippen molar-refractivity contribution in [3.63, 3.8) is 0 Å². The van der Waals surface area contributed by atoms with E-state index in [1.54, 1.807) is 5.38 Å². The van der Waals surface area contributed by atoms with Crippen LogP contribution >= 0.6 is 22.9 Å². The number of thiazole rings is 1. The third kappa shape index (κ3) is 3.35. The highest BCUT2D eigenvalue weighted by Gasteiger charge is 2.05. The van der Waals surface area contributed by atoms with Gasteiger partial charge in [0.1, 0.15) is 6.61 Å². The molecule has 0 spiro atoms. The Labute approximate surface area is 90.6 Å². The Balaban J connectivity index is 2.43. The SMILES string of the molecule is C=CCOC(=O)Nc1nc(CCl)cs1. The highest BCUT2D eigenvalue weighted by Crippen LogP contribution is 2.16. The van der Waals surface area contributed by atoms with E-state index in [1.165, 1.54) is 17.4 Å². The van der Waals surface area contributed by atoms with E-state index in [2.05, 4.69) is 16.9 Å². The van der Waals surface area contributed by atoms with Crippen LogP contribution < -0.4 is 5.32 Å². The van der Waals surface area contributed by atoms with Gasteiger partial charge in [-0.1, -0.05) is 12.7 Å². The molecule has 0 aliphatic rings. The smallest absolute Gasteiger partial charge is 0.413 e. The Kier molecular flexibility index (Phi) is 4.42. The van der Waals surface area contributed by atoms with Crippen LogP contribution in [-0.2, 0) is 10.6 Å². The molecule has 1 N–H and O–H groups in total. The van der Waals surface area contributed by atoms with Crippen molar-refractivity contribution < 1.29 is 9.53 Å². The van der Waals surface area contributed by atoms with Crippen LogP contribution in [0, 0.1) is 0 Å². The molecule has 0 atom stereocenters. The molecule has 1 rings (SSSR count). The van der Waals surface area contributed by atoms with Crippen molar-refractivity contribution in [3.8, 4) is 0 Å². The summed E-state index contributed by atoms with van der Waals surface area (Å²) in [6.45, 7) is 3.60. The predicted octanol–water partition coefficient (Wildman–Crippen LogP) is 2.62. The molecule has 1 aromatic rings. The van der Waals surface area contributed by atoms with Crippen molar-refractivity contribution in [1.29, 1.82) is 0 Å². The van der Waals surface area contributed by atoms with Gasteiger partial charge in [0, 0.05) is 5.38 Å². The van der Waals surface area contributed by atoms with E-state index in [0.717, 1.165) is 5.69 Å². The van der Waals surface area contributed by atoms with E-state index < -0.39 is 6.09 Å². The number of amides is 1. The van der Waals surface area contributed by atoms with Crippen LogP contribution in [0.4, 0.5) is 9.93 Å². The molecule has 0 bridgehead atoms. The lowest BCUT2D eigenvalue weighted by Gasteiger charge is -2.00. The van der Waals surface area contributed by atoms with Gasteiger partial charge in [-0.15, -0.1) is 22.9 Å². The highest BCUT2D eigenvalue weighted by atomic mass is 35.5. The molecule has 1 aromatic heterocycles. The van der Waals surface area contributed by atoms with Crippen LogP contribution in [-0.4, -0.2) is 17.7 Å². The average Bonchev–Trinajstić information content (AvgIpc) is 2.62. The summed E-state index contributed by atoms with van der Waals surface area (Å²) >= 11 is 6.85. The number of carbonyl (C=O) groups excluding carboxylic acids is 1. The Morgan fingerprint density at radius 1 is 1.86 bits per heavy atom. The average molecular weight is 233 g/mol. The van der Waals surface area contributed by atoms with Crippen molar-refractivity contribution in [2.24, 2.45) is 0 Å². The molecule has 1 heterocycles. The van der Waals surface area contributed by atoms with E-state index in [-0.39, 0.29) is 6.61 Å². The summed E-state index contributed by atoms with van der Waals surface area (Å²) in [6, 6.07) is 0. The molecule has 76 valence electrons. The van der Waals surface area contributed by atoms with Crippen LogP contribution in [0.15, 0.2) is 18.0 Å². The second-order valence-electron chi connectivity index (χ2n) is 2.29. The fraction of sp³-hybridized carbons (Fsp3) is 0.250. The second-order valence-corrected chi connectivity index (χ2v) is 3.42. The quantitative estimate of drug-likeness (QED) is 0.641. The molecule has 0 saturated carbocycles. The van der Waals surface area contributed by atoms with Crippen LogP contribution in [0.3, 0.4) is 0 Å². The van der Waals surface area contributed by atoms with Gasteiger partial charge in [-0.25, -0.2) is 9.78 Å². The van der Waals surface area contributed by atoms with Gasteiger partial charge in [-0.3, -0.25) is 5.32 Å². The summed E-state index contributed by atoms with van der Waals surface area (Å²) in [5, 5.41) is 4.73. The number of nitrogens with zero attached hydrogens (tertiary/aromatic N) is 1. The fourth-order valence-corrected chi connectivity index (χ4v) is 1.61. The molecule has 14 heavy (non-hydrogen) atoms. The summed E-state index contributed by atoms with van der Waals surface area (Å²) in [5.41, 5.74) is 0.732. The molecule has 4 nitrogen and oxygen atoms in total. The maximum absolute atomic E-state index is 11.0. The fourth-order valence-electron chi connectivity index (χ4n) is 0.684. The normalized spacial score (nSPS) is 9.50. The van der Waals surface area contributed by atoms with E-state index in [4.69, 9.17) is 16.3 Å². The van der Waals surface area contributed by atoms with E-state index >= 15 is 0 Å². The minimum Gasteiger partial charge on any atom is -0.445 e. The largest absolute Gasteiger partial charge is 0.445 e. The third-order valence-electron chi connectivity index (χ3n) is 1.23. The number of alkyl halides is 1. The standard InChI is InChI=1S/C8H9ClN2O2S/c1-2-3-13-8(12)11-7-10-6(4-9)5-14-7/h2,5H,1,3-4H2,(H,10,11,12). The summed E-state index contributed by atoms with van der Waals surface area (Å²) in [4.78, 5) is 15.0. The molecule has 0 radical (unpaired) electrons. The van der Waals surface area contributed by atoms with Crippen molar-refractivity contribution in [1.82, 2.24) is 4.98 Å². The Bertz CT molecular complexity index is 327. The van der Waals surface area contributed by atoms with Crippen LogP contribution in [0.5, 0.6) is 0 Å². The molecule has 1 amide bonds. The monoisotopic (exact) mass is 232 g/mol. The van der Waals surface area contributed by atoms with Crippen molar-refractivity contribution in [3.05, 3.63) is 23.7 Å². The lowest BCUT2D eigenvalue weighted by Crippen LogP contribution is -2.13. The van der Waals surface area contributed by atoms with Gasteiger partial charge in [0.25, 0.3) is 0 Å². The topological polar surface area (TPSA) is 51.2 Å². The number of ether oxygens (including phenoxy) is 1.